The topological polar surface area (TPSA) is 69.3 Å². The molecule has 2 aliphatic heterocycles. The number of hydroxylamine groups is 1. The van der Waals surface area contributed by atoms with Crippen LogP contribution >= 0.6 is 0 Å². The molecule has 0 amide bonds. The van der Waals surface area contributed by atoms with Crippen molar-refractivity contribution >= 4 is 30.2 Å². The average Bonchev–Trinajstić information content (AvgIpc) is 3.04. The van der Waals surface area contributed by atoms with Crippen LogP contribution in [0.3, 0.4) is 0 Å². The van der Waals surface area contributed by atoms with E-state index in [1.807, 2.05) is 55.1 Å². The highest BCUT2D eigenvalue weighted by Crippen LogP contribution is 2.41. The fourth-order valence-corrected chi connectivity index (χ4v) is 11.6. The lowest BCUT2D eigenvalue weighted by Gasteiger charge is -2.43. The second-order valence-electron chi connectivity index (χ2n) is 13.9. The van der Waals surface area contributed by atoms with E-state index in [0.717, 1.165) is 10.4 Å². The molecule has 0 radical (unpaired) electrons. The van der Waals surface area contributed by atoms with Crippen LogP contribution < -0.4 is 25.6 Å². The third-order valence-corrected chi connectivity index (χ3v) is 14.0. The van der Waals surface area contributed by atoms with Gasteiger partial charge >= 0.3 is 0 Å². The van der Waals surface area contributed by atoms with E-state index in [1.165, 1.54) is 0 Å². The first kappa shape index (κ1) is 34.8. The van der Waals surface area contributed by atoms with Gasteiger partial charge in [-0.25, -0.2) is 9.87 Å². The summed E-state index contributed by atoms with van der Waals surface area (Å²) < 4.78 is 36.1. The zero-order valence-electron chi connectivity index (χ0n) is 28.6. The van der Waals surface area contributed by atoms with E-state index in [2.05, 4.69) is 57.1 Å². The number of nitrogens with zero attached hydrogens (tertiary/aromatic N) is 1. The predicted octanol–water partition coefficient (Wildman–Crippen LogP) is 6.54. The van der Waals surface area contributed by atoms with Crippen molar-refractivity contribution < 1.29 is 27.9 Å². The summed E-state index contributed by atoms with van der Waals surface area (Å²) in [5.74, 6) is -1.18. The maximum Gasteiger partial charge on any atom is 0.261 e. The van der Waals surface area contributed by atoms with Crippen LogP contribution in [0.15, 0.2) is 79.0 Å². The number of hydrogen-bond acceptors (Lipinski definition) is 7. The molecule has 47 heavy (non-hydrogen) atoms. The second kappa shape index (κ2) is 14.7. The molecule has 9 heteroatoms. The molecule has 3 aromatic rings. The van der Waals surface area contributed by atoms with Gasteiger partial charge in [0.25, 0.3) is 8.32 Å². The summed E-state index contributed by atoms with van der Waals surface area (Å²) in [5, 5.41) is 1.96. The second-order valence-corrected chi connectivity index (χ2v) is 18.2. The van der Waals surface area contributed by atoms with Crippen LogP contribution in [-0.2, 0) is 20.5 Å². The zero-order chi connectivity index (χ0) is 33.8. The van der Waals surface area contributed by atoms with Crippen molar-refractivity contribution in [3.05, 3.63) is 96.0 Å². The quantitative estimate of drug-likeness (QED) is 0.142. The Bertz CT molecular complexity index is 1490. The maximum absolute atomic E-state index is 17.2. The van der Waals surface area contributed by atoms with Gasteiger partial charge in [0.15, 0.2) is 11.6 Å². The fraction of sp³-hybridized carbons (Fsp3) is 0.447. The number of nitrogens with one attached hydrogen (secondary N) is 1. The van der Waals surface area contributed by atoms with Crippen LogP contribution in [0.2, 0.25) is 5.04 Å². The van der Waals surface area contributed by atoms with Gasteiger partial charge in [-0.15, -0.1) is 0 Å². The molecule has 252 valence electrons. The molecule has 2 saturated heterocycles. The lowest BCUT2D eigenvalue weighted by molar-refractivity contribution is -0.00554. The maximum atomic E-state index is 17.2. The monoisotopic (exact) mass is 660 g/mol. The number of benzene rings is 3. The molecule has 0 saturated carbocycles. The minimum atomic E-state index is -2.99. The van der Waals surface area contributed by atoms with Crippen LogP contribution in [0, 0.1) is 11.7 Å². The van der Waals surface area contributed by atoms with Gasteiger partial charge in [0.1, 0.15) is 0 Å². The van der Waals surface area contributed by atoms with E-state index in [0.29, 0.717) is 56.1 Å². The van der Waals surface area contributed by atoms with Crippen molar-refractivity contribution in [1.29, 1.82) is 0 Å². The Kier molecular flexibility index (Phi) is 10.9. The summed E-state index contributed by atoms with van der Waals surface area (Å²) in [6.45, 7) is 18.2. The summed E-state index contributed by atoms with van der Waals surface area (Å²) in [4.78, 5) is 22.0. The summed E-state index contributed by atoms with van der Waals surface area (Å²) in [6, 6.07) is 22.5. The van der Waals surface area contributed by atoms with Gasteiger partial charge in [0, 0.05) is 43.5 Å². The highest BCUT2D eigenvalue weighted by Gasteiger charge is 2.50. The van der Waals surface area contributed by atoms with E-state index in [1.54, 1.807) is 13.0 Å². The molecule has 2 fully saturated rings. The molecule has 0 aromatic heterocycles. The van der Waals surface area contributed by atoms with E-state index in [9.17, 15) is 4.79 Å². The van der Waals surface area contributed by atoms with Crippen molar-refractivity contribution in [2.75, 3.05) is 31.2 Å². The molecular formula is C38H49FN2O5Si. The van der Waals surface area contributed by atoms with Crippen LogP contribution in [0.4, 0.5) is 10.1 Å². The van der Waals surface area contributed by atoms with Crippen molar-refractivity contribution in [2.45, 2.75) is 78.2 Å². The lowest BCUT2D eigenvalue weighted by atomic mass is 9.89. The normalized spacial score (nSPS) is 19.3. The van der Waals surface area contributed by atoms with E-state index >= 15 is 4.39 Å². The summed E-state index contributed by atoms with van der Waals surface area (Å²) in [5.41, 5.74) is 4.37. The number of ketones is 1. The Morgan fingerprint density at radius 1 is 1.00 bits per heavy atom. The smallest absolute Gasteiger partial charge is 0.261 e. The summed E-state index contributed by atoms with van der Waals surface area (Å²) in [6.07, 6.45) is 0.902. The van der Waals surface area contributed by atoms with Crippen LogP contribution in [0.25, 0.3) is 0 Å². The number of rotatable bonds is 11. The molecule has 2 atom stereocenters. The molecular weight excluding hydrogens is 612 g/mol. The molecule has 7 nitrogen and oxygen atoms in total. The minimum Gasteiger partial charge on any atom is -0.403 e. The number of carbonyl (C=O) groups is 1. The Labute approximate surface area is 280 Å². The standard InChI is InChI=1S/C38H49FN2O5Si/c1-26(2)40-46-37-33(36(42)29-18-20-43-21-19-29)22-30(35(34(37)39)41-23-27(3)45-28(4)24-41)25-44-47(38(5,6)7,31-14-10-8-11-15-31)32-16-12-9-13-17-32/h8-17,22,27-29,40H,1,18-21,23-25H2,2-7H3/t27-,28+. The van der Waals surface area contributed by atoms with Gasteiger partial charge in [-0.1, -0.05) is 88.0 Å². The summed E-state index contributed by atoms with van der Waals surface area (Å²) >= 11 is 0. The molecule has 0 unspecified atom stereocenters. The summed E-state index contributed by atoms with van der Waals surface area (Å²) in [7, 11) is -2.99. The largest absolute Gasteiger partial charge is 0.403 e. The number of anilines is 1. The van der Waals surface area contributed by atoms with Gasteiger partial charge < -0.3 is 23.6 Å². The van der Waals surface area contributed by atoms with Gasteiger partial charge in [-0.05, 0) is 55.1 Å². The first-order chi connectivity index (χ1) is 22.4. The van der Waals surface area contributed by atoms with Crippen molar-refractivity contribution in [2.24, 2.45) is 5.92 Å². The lowest BCUT2D eigenvalue weighted by Crippen LogP contribution is -2.66. The molecule has 3 aromatic carbocycles. The van der Waals surface area contributed by atoms with Crippen LogP contribution in [0.5, 0.6) is 5.75 Å². The third kappa shape index (κ3) is 7.48. The zero-order valence-corrected chi connectivity index (χ0v) is 29.6. The highest BCUT2D eigenvalue weighted by molar-refractivity contribution is 6.99. The van der Waals surface area contributed by atoms with Crippen molar-refractivity contribution in [3.63, 3.8) is 0 Å². The van der Waals surface area contributed by atoms with E-state index in [4.69, 9.17) is 18.7 Å². The highest BCUT2D eigenvalue weighted by atomic mass is 28.4. The molecule has 0 spiro atoms. The van der Waals surface area contributed by atoms with Crippen molar-refractivity contribution in [3.8, 4) is 5.75 Å². The molecule has 0 bridgehead atoms. The predicted molar refractivity (Wildman–Crippen MR) is 187 cm³/mol. The number of Topliss-reactive ketones (excluding diaryl/α,β-unsaturated/α-hetero) is 1. The minimum absolute atomic E-state index is 0.0991. The molecule has 0 aliphatic carbocycles. The molecule has 5 rings (SSSR count). The van der Waals surface area contributed by atoms with E-state index in [-0.39, 0.29) is 46.9 Å². The van der Waals surface area contributed by atoms with E-state index < -0.39 is 14.1 Å². The van der Waals surface area contributed by atoms with Gasteiger partial charge in [0.05, 0.1) is 30.1 Å². The SMILES string of the molecule is C=C(C)NOc1c(C(=O)C2CCOCC2)cc(CO[Si](c2ccccc2)(c2ccccc2)C(C)(C)C)c(N2C[C@@H](C)O[C@@H](C)C2)c1F. The number of ether oxygens (including phenoxy) is 2. The fourth-order valence-electron chi connectivity index (χ4n) is 7.04. The Morgan fingerprint density at radius 3 is 2.06 bits per heavy atom. The van der Waals surface area contributed by atoms with Crippen LogP contribution in [-0.4, -0.2) is 52.6 Å². The van der Waals surface area contributed by atoms with Gasteiger partial charge in [-0.2, -0.15) is 0 Å². The van der Waals surface area contributed by atoms with Crippen LogP contribution in [0.1, 0.15) is 70.3 Å². The number of carbonyl (C=O) groups excluding carboxylic acids is 1. The number of hydrogen-bond donors (Lipinski definition) is 1. The molecule has 2 aliphatic rings. The first-order valence-electron chi connectivity index (χ1n) is 16.6. The number of allylic oxidation sites excluding steroid dienone is 1. The van der Waals surface area contributed by atoms with Gasteiger partial charge in [-0.3, -0.25) is 4.79 Å². The van der Waals surface area contributed by atoms with Crippen molar-refractivity contribution in [1.82, 2.24) is 5.48 Å². The van der Waals surface area contributed by atoms with Gasteiger partial charge in [0.2, 0.25) is 5.75 Å². The Balaban J connectivity index is 1.70. The first-order valence-corrected chi connectivity index (χ1v) is 18.5. The number of halogens is 1. The molecule has 2 heterocycles. The Morgan fingerprint density at radius 2 is 1.55 bits per heavy atom. The Hall–Kier alpha value is -3.50. The molecule has 1 N–H and O–H groups in total. The third-order valence-electron chi connectivity index (χ3n) is 9.06. The number of morpholine rings is 1. The average molecular weight is 661 g/mol.